The average Bonchev–Trinajstić information content (AvgIpc) is 3.18. The molecule has 6 rings (SSSR count). The molecular formula is C42H58N6O6S2. The molecule has 4 N–H and O–H groups in total. The molecule has 0 aliphatic heterocycles. The molecule has 2 aliphatic rings. The van der Waals surface area contributed by atoms with Gasteiger partial charge in [0, 0.05) is 52.2 Å². The van der Waals surface area contributed by atoms with Gasteiger partial charge in [-0.1, -0.05) is 48.5 Å². The quantitative estimate of drug-likeness (QED) is 0.0782. The summed E-state index contributed by atoms with van der Waals surface area (Å²) in [7, 11) is 3.82. The van der Waals surface area contributed by atoms with Crippen molar-refractivity contribution in [2.45, 2.75) is 66.6 Å². The minimum atomic E-state index is -3.56. The smallest absolute Gasteiger partial charge is 0.261 e. The van der Waals surface area contributed by atoms with Crippen molar-refractivity contribution < 1.29 is 26.3 Å². The summed E-state index contributed by atoms with van der Waals surface area (Å²) in [5.41, 5.74) is 12.0. The molecule has 0 fully saturated rings. The standard InChI is InChI=1S/C20H25N3O2S.C17H20N2O2S.C5H13NO2/c1-23(2)15-21-14-17-8-6-7-16-13-18(11-12-20(16)17)22-26(24,25)19-9-4-3-5-10-19;18-12-14-6-4-5-13-11-15(9-10-17(13)14)19-22(20,21)16-7-2-1-3-8-16;1-6(2)5(7-3)8-4/h3-5,9-13,15,17,22H,6-8,14H2,1-2H3;1-3,7-11,14,19H,4-6,12,18H2;5H,1-4H3. The zero-order valence-corrected chi connectivity index (χ0v) is 35.0. The fourth-order valence-electron chi connectivity index (χ4n) is 6.87. The first-order valence-electron chi connectivity index (χ1n) is 18.8. The van der Waals surface area contributed by atoms with E-state index in [0.717, 1.165) is 45.1 Å². The highest BCUT2D eigenvalue weighted by Crippen LogP contribution is 2.35. The summed E-state index contributed by atoms with van der Waals surface area (Å²) in [5.74, 6) is 0.790. The Kier molecular flexibility index (Phi) is 16.9. The number of ether oxygens (including phenoxy) is 2. The second-order valence-electron chi connectivity index (χ2n) is 14.3. The van der Waals surface area contributed by atoms with Crippen LogP contribution in [0.3, 0.4) is 0 Å². The van der Waals surface area contributed by atoms with Gasteiger partial charge in [0.1, 0.15) is 0 Å². The van der Waals surface area contributed by atoms with E-state index in [1.807, 2.05) is 80.7 Å². The number of nitrogens with one attached hydrogen (secondary N) is 2. The Balaban J connectivity index is 0.000000211. The molecule has 304 valence electrons. The van der Waals surface area contributed by atoms with E-state index in [9.17, 15) is 16.8 Å². The number of benzene rings is 4. The van der Waals surface area contributed by atoms with Crippen molar-refractivity contribution in [3.05, 3.63) is 119 Å². The predicted molar refractivity (Wildman–Crippen MR) is 226 cm³/mol. The maximum Gasteiger partial charge on any atom is 0.261 e. The molecule has 0 radical (unpaired) electrons. The highest BCUT2D eigenvalue weighted by atomic mass is 32.2. The van der Waals surface area contributed by atoms with Gasteiger partial charge in [-0.3, -0.25) is 19.3 Å². The Morgan fingerprint density at radius 1 is 0.714 bits per heavy atom. The first-order valence-corrected chi connectivity index (χ1v) is 21.7. The number of aliphatic imine (C=N–C) groups is 1. The third kappa shape index (κ3) is 12.9. The summed E-state index contributed by atoms with van der Waals surface area (Å²) in [6, 6.07) is 28.5. The van der Waals surface area contributed by atoms with Gasteiger partial charge in [-0.15, -0.1) is 0 Å². The molecule has 2 unspecified atom stereocenters. The van der Waals surface area contributed by atoms with Crippen LogP contribution in [-0.2, 0) is 42.4 Å². The van der Waals surface area contributed by atoms with E-state index >= 15 is 0 Å². The number of nitrogens with zero attached hydrogens (tertiary/aromatic N) is 3. The van der Waals surface area contributed by atoms with Gasteiger partial charge in [-0.25, -0.2) is 16.8 Å². The van der Waals surface area contributed by atoms with Crippen molar-refractivity contribution in [1.82, 2.24) is 9.80 Å². The molecule has 4 aromatic rings. The largest absolute Gasteiger partial charge is 0.369 e. The van der Waals surface area contributed by atoms with Crippen LogP contribution in [0.25, 0.3) is 0 Å². The second-order valence-corrected chi connectivity index (χ2v) is 17.6. The van der Waals surface area contributed by atoms with Crippen LogP contribution in [0.5, 0.6) is 0 Å². The lowest BCUT2D eigenvalue weighted by molar-refractivity contribution is -0.179. The van der Waals surface area contributed by atoms with Crippen molar-refractivity contribution in [1.29, 1.82) is 0 Å². The zero-order valence-electron chi connectivity index (χ0n) is 33.4. The van der Waals surface area contributed by atoms with Gasteiger partial charge in [0.15, 0.2) is 0 Å². The highest BCUT2D eigenvalue weighted by molar-refractivity contribution is 7.93. The van der Waals surface area contributed by atoms with E-state index in [1.165, 1.54) is 22.3 Å². The normalized spacial score (nSPS) is 16.5. The summed E-state index contributed by atoms with van der Waals surface area (Å²) in [5, 5.41) is 0. The van der Waals surface area contributed by atoms with Crippen molar-refractivity contribution >= 4 is 37.8 Å². The average molecular weight is 807 g/mol. The van der Waals surface area contributed by atoms with E-state index in [1.54, 1.807) is 74.9 Å². The zero-order chi connectivity index (χ0) is 40.7. The Hall–Kier alpha value is -4.31. The molecule has 56 heavy (non-hydrogen) atoms. The molecule has 0 amide bonds. The minimum Gasteiger partial charge on any atom is -0.369 e. The van der Waals surface area contributed by atoms with Gasteiger partial charge in [-0.2, -0.15) is 0 Å². The molecule has 0 saturated carbocycles. The van der Waals surface area contributed by atoms with Crippen LogP contribution in [0, 0.1) is 0 Å². The number of sulfonamides is 2. The maximum absolute atomic E-state index is 12.5. The van der Waals surface area contributed by atoms with E-state index in [-0.39, 0.29) is 16.2 Å². The second kappa shape index (κ2) is 21.3. The lowest BCUT2D eigenvalue weighted by Gasteiger charge is -2.25. The number of aryl methyl sites for hydroxylation is 2. The van der Waals surface area contributed by atoms with Crippen molar-refractivity contribution in [2.24, 2.45) is 10.7 Å². The molecule has 14 heteroatoms. The number of nitrogens with two attached hydrogens (primary N) is 1. The molecule has 2 atom stereocenters. The van der Waals surface area contributed by atoms with Crippen LogP contribution in [0.4, 0.5) is 11.4 Å². The van der Waals surface area contributed by atoms with Gasteiger partial charge in [0.05, 0.1) is 16.1 Å². The molecule has 2 aliphatic carbocycles. The monoisotopic (exact) mass is 806 g/mol. The summed E-state index contributed by atoms with van der Waals surface area (Å²) in [4.78, 5) is 8.82. The lowest BCUT2D eigenvalue weighted by Crippen LogP contribution is -2.30. The van der Waals surface area contributed by atoms with E-state index in [4.69, 9.17) is 15.2 Å². The van der Waals surface area contributed by atoms with E-state index in [2.05, 4.69) is 14.4 Å². The van der Waals surface area contributed by atoms with E-state index < -0.39 is 20.0 Å². The molecule has 12 nitrogen and oxygen atoms in total. The Morgan fingerprint density at radius 3 is 1.55 bits per heavy atom. The summed E-state index contributed by atoms with van der Waals surface area (Å²) in [6.45, 7) is 1.41. The van der Waals surface area contributed by atoms with Crippen molar-refractivity contribution in [3.63, 3.8) is 0 Å². The molecule has 4 aromatic carbocycles. The van der Waals surface area contributed by atoms with Crippen molar-refractivity contribution in [2.75, 3.05) is 64.9 Å². The molecule has 0 aromatic heterocycles. The summed E-state index contributed by atoms with van der Waals surface area (Å²) >= 11 is 0. The van der Waals surface area contributed by atoms with Crippen molar-refractivity contribution in [3.8, 4) is 0 Å². The Labute approximate surface area is 334 Å². The number of anilines is 2. The predicted octanol–water partition coefficient (Wildman–Crippen LogP) is 6.49. The topological polar surface area (TPSA) is 156 Å². The van der Waals surface area contributed by atoms with Gasteiger partial charge >= 0.3 is 0 Å². The first kappa shape index (κ1) is 44.4. The molecular weight excluding hydrogens is 749 g/mol. The molecule has 0 heterocycles. The number of hydrogen-bond donors (Lipinski definition) is 3. The number of rotatable bonds is 13. The van der Waals surface area contributed by atoms with Crippen LogP contribution >= 0.6 is 0 Å². The third-order valence-electron chi connectivity index (χ3n) is 9.52. The van der Waals surface area contributed by atoms with Crippen LogP contribution in [0.1, 0.15) is 59.8 Å². The fourth-order valence-corrected chi connectivity index (χ4v) is 9.02. The van der Waals surface area contributed by atoms with E-state index in [0.29, 0.717) is 29.8 Å². The van der Waals surface area contributed by atoms with Gasteiger partial charge in [-0.05, 0) is 136 Å². The SMILES string of the molecule is CN(C)C=NCC1CCCc2cc(NS(=O)(=O)c3ccccc3)ccc21.COC(OC)N(C)C.NCC1CCCc2cc(NS(=O)(=O)c3ccccc3)ccc21. The van der Waals surface area contributed by atoms with Gasteiger partial charge in [0.25, 0.3) is 20.0 Å². The Bertz CT molecular complexity index is 2060. The van der Waals surface area contributed by atoms with Gasteiger partial charge in [0.2, 0.25) is 6.41 Å². The highest BCUT2D eigenvalue weighted by Gasteiger charge is 2.22. The fraction of sp³-hybridized carbons (Fsp3) is 0.405. The summed E-state index contributed by atoms with van der Waals surface area (Å²) in [6.07, 6.45) is 8.02. The minimum absolute atomic E-state index is 0.213. The third-order valence-corrected chi connectivity index (χ3v) is 12.3. The van der Waals surface area contributed by atoms with Crippen LogP contribution in [0.15, 0.2) is 112 Å². The number of hydrogen-bond acceptors (Lipinski definition) is 9. The molecule has 0 bridgehead atoms. The van der Waals surface area contributed by atoms with Gasteiger partial charge < -0.3 is 20.1 Å². The maximum atomic E-state index is 12.5. The summed E-state index contributed by atoms with van der Waals surface area (Å²) < 4.78 is 64.8. The van der Waals surface area contributed by atoms with Crippen LogP contribution in [0.2, 0.25) is 0 Å². The first-order chi connectivity index (χ1) is 26.8. The molecule has 0 spiro atoms. The Morgan fingerprint density at radius 2 is 1.16 bits per heavy atom. The molecule has 0 saturated heterocycles. The van der Waals surface area contributed by atoms with Crippen LogP contribution < -0.4 is 15.2 Å². The van der Waals surface area contributed by atoms with Crippen LogP contribution in [-0.4, -0.2) is 94.9 Å². The number of fused-ring (bicyclic) bond motifs is 2. The lowest BCUT2D eigenvalue weighted by atomic mass is 9.82. The number of methoxy groups -OCH3 is 2.